The van der Waals surface area contributed by atoms with Crippen LogP contribution < -0.4 is 10.1 Å². The van der Waals surface area contributed by atoms with E-state index in [9.17, 15) is 5.26 Å². The highest BCUT2D eigenvalue weighted by atomic mass is 16.5. The Morgan fingerprint density at radius 1 is 1.14 bits per heavy atom. The molecule has 0 aliphatic carbocycles. The number of methoxy groups -OCH3 is 1. The summed E-state index contributed by atoms with van der Waals surface area (Å²) in [4.78, 5) is 0. The Labute approximate surface area is 126 Å². The van der Waals surface area contributed by atoms with Gasteiger partial charge in [-0.2, -0.15) is 5.26 Å². The van der Waals surface area contributed by atoms with E-state index in [-0.39, 0.29) is 6.04 Å². The maximum absolute atomic E-state index is 9.37. The van der Waals surface area contributed by atoms with Crippen molar-refractivity contribution < 1.29 is 4.74 Å². The molecule has 1 atom stereocenters. The topological polar surface area (TPSA) is 45.0 Å². The standard InChI is InChI=1S/C18H20N2O/c1-3-14-8-10-15(11-9-14)17(12-19)20-13-16-6-4-5-7-18(16)21-2/h4-11,17,20H,3,13H2,1-2H3. The summed E-state index contributed by atoms with van der Waals surface area (Å²) in [5, 5.41) is 12.6. The van der Waals surface area contributed by atoms with E-state index in [4.69, 9.17) is 4.74 Å². The second-order valence-corrected chi connectivity index (χ2v) is 4.85. The second-order valence-electron chi connectivity index (χ2n) is 4.85. The van der Waals surface area contributed by atoms with Crippen LogP contribution in [0.1, 0.15) is 29.7 Å². The maximum Gasteiger partial charge on any atom is 0.123 e. The number of nitriles is 1. The summed E-state index contributed by atoms with van der Waals surface area (Å²) >= 11 is 0. The van der Waals surface area contributed by atoms with Crippen molar-refractivity contribution in [2.75, 3.05) is 7.11 Å². The number of nitrogens with one attached hydrogen (secondary N) is 1. The molecule has 21 heavy (non-hydrogen) atoms. The lowest BCUT2D eigenvalue weighted by Crippen LogP contribution is -2.19. The van der Waals surface area contributed by atoms with Crippen LogP contribution in [0, 0.1) is 11.3 Å². The van der Waals surface area contributed by atoms with E-state index >= 15 is 0 Å². The van der Waals surface area contributed by atoms with Crippen molar-refractivity contribution in [2.24, 2.45) is 0 Å². The summed E-state index contributed by atoms with van der Waals surface area (Å²) in [6, 6.07) is 18.0. The first-order chi connectivity index (χ1) is 10.3. The van der Waals surface area contributed by atoms with Gasteiger partial charge in [-0.05, 0) is 23.6 Å². The number of para-hydroxylation sites is 1. The molecular formula is C18H20N2O. The van der Waals surface area contributed by atoms with E-state index in [0.29, 0.717) is 6.54 Å². The van der Waals surface area contributed by atoms with Gasteiger partial charge in [0.15, 0.2) is 0 Å². The second kappa shape index (κ2) is 7.47. The highest BCUT2D eigenvalue weighted by molar-refractivity contribution is 5.34. The number of hydrogen-bond acceptors (Lipinski definition) is 3. The van der Waals surface area contributed by atoms with Crippen LogP contribution in [0.25, 0.3) is 0 Å². The monoisotopic (exact) mass is 280 g/mol. The van der Waals surface area contributed by atoms with Gasteiger partial charge in [0.1, 0.15) is 11.8 Å². The van der Waals surface area contributed by atoms with Crippen molar-refractivity contribution in [1.82, 2.24) is 5.32 Å². The van der Waals surface area contributed by atoms with E-state index in [2.05, 4.69) is 30.4 Å². The summed E-state index contributed by atoms with van der Waals surface area (Å²) in [6.45, 7) is 2.72. The average Bonchev–Trinajstić information content (AvgIpc) is 2.56. The summed E-state index contributed by atoms with van der Waals surface area (Å²) < 4.78 is 5.32. The van der Waals surface area contributed by atoms with Gasteiger partial charge in [0.2, 0.25) is 0 Å². The van der Waals surface area contributed by atoms with Crippen LogP contribution in [0.3, 0.4) is 0 Å². The third-order valence-corrected chi connectivity index (χ3v) is 3.54. The minimum atomic E-state index is -0.319. The highest BCUT2D eigenvalue weighted by Gasteiger charge is 2.11. The first-order valence-corrected chi connectivity index (χ1v) is 7.12. The van der Waals surface area contributed by atoms with Crippen molar-refractivity contribution in [3.8, 4) is 11.8 Å². The lowest BCUT2D eigenvalue weighted by molar-refractivity contribution is 0.407. The maximum atomic E-state index is 9.37. The van der Waals surface area contributed by atoms with Gasteiger partial charge in [-0.15, -0.1) is 0 Å². The predicted octanol–water partition coefficient (Wildman–Crippen LogP) is 3.61. The average molecular weight is 280 g/mol. The number of ether oxygens (including phenoxy) is 1. The SMILES string of the molecule is CCc1ccc(C(C#N)NCc2ccccc2OC)cc1. The Kier molecular flexibility index (Phi) is 5.36. The fourth-order valence-electron chi connectivity index (χ4n) is 2.24. The van der Waals surface area contributed by atoms with Crippen LogP contribution >= 0.6 is 0 Å². The van der Waals surface area contributed by atoms with Gasteiger partial charge in [0, 0.05) is 12.1 Å². The molecule has 1 N–H and O–H groups in total. The molecule has 108 valence electrons. The predicted molar refractivity (Wildman–Crippen MR) is 84.0 cm³/mol. The molecule has 3 heteroatoms. The van der Waals surface area contributed by atoms with Gasteiger partial charge in [-0.25, -0.2) is 0 Å². The molecule has 0 aliphatic rings. The van der Waals surface area contributed by atoms with Gasteiger partial charge in [-0.1, -0.05) is 49.4 Å². The number of hydrogen-bond donors (Lipinski definition) is 1. The molecule has 0 radical (unpaired) electrons. The number of benzene rings is 2. The van der Waals surface area contributed by atoms with E-state index in [1.54, 1.807) is 7.11 Å². The molecule has 3 nitrogen and oxygen atoms in total. The molecule has 0 spiro atoms. The zero-order valence-electron chi connectivity index (χ0n) is 12.5. The molecule has 1 unspecified atom stereocenters. The summed E-state index contributed by atoms with van der Waals surface area (Å²) in [7, 11) is 1.66. The molecule has 0 heterocycles. The first-order valence-electron chi connectivity index (χ1n) is 7.12. The van der Waals surface area contributed by atoms with E-state index in [1.807, 2.05) is 36.4 Å². The molecule has 2 aromatic carbocycles. The Morgan fingerprint density at radius 2 is 1.86 bits per heavy atom. The number of aryl methyl sites for hydroxylation is 1. The molecule has 0 aromatic heterocycles. The minimum absolute atomic E-state index is 0.319. The molecule has 0 aliphatic heterocycles. The molecule has 2 rings (SSSR count). The van der Waals surface area contributed by atoms with Crippen molar-refractivity contribution >= 4 is 0 Å². The normalized spacial score (nSPS) is 11.7. The lowest BCUT2D eigenvalue weighted by atomic mass is 10.0. The van der Waals surface area contributed by atoms with Crippen LogP contribution in [0.5, 0.6) is 5.75 Å². The molecule has 0 amide bonds. The van der Waals surface area contributed by atoms with E-state index in [1.165, 1.54) is 5.56 Å². The first kappa shape index (κ1) is 15.1. The van der Waals surface area contributed by atoms with Gasteiger partial charge in [0.05, 0.1) is 13.2 Å². The molecular weight excluding hydrogens is 260 g/mol. The lowest BCUT2D eigenvalue weighted by Gasteiger charge is -2.14. The summed E-state index contributed by atoms with van der Waals surface area (Å²) in [6.07, 6.45) is 1.01. The minimum Gasteiger partial charge on any atom is -0.496 e. The van der Waals surface area contributed by atoms with E-state index < -0.39 is 0 Å². The fourth-order valence-corrected chi connectivity index (χ4v) is 2.24. The van der Waals surface area contributed by atoms with Crippen LogP contribution in [0.15, 0.2) is 48.5 Å². The molecule has 0 fully saturated rings. The van der Waals surface area contributed by atoms with Gasteiger partial charge in [0.25, 0.3) is 0 Å². The number of nitrogens with zero attached hydrogens (tertiary/aromatic N) is 1. The fraction of sp³-hybridized carbons (Fsp3) is 0.278. The summed E-state index contributed by atoms with van der Waals surface area (Å²) in [5.41, 5.74) is 3.31. The van der Waals surface area contributed by atoms with Gasteiger partial charge < -0.3 is 4.74 Å². The molecule has 0 saturated heterocycles. The summed E-state index contributed by atoms with van der Waals surface area (Å²) in [5.74, 6) is 0.836. The largest absolute Gasteiger partial charge is 0.496 e. The highest BCUT2D eigenvalue weighted by Crippen LogP contribution is 2.19. The van der Waals surface area contributed by atoms with Crippen molar-refractivity contribution in [3.63, 3.8) is 0 Å². The molecule has 2 aromatic rings. The quantitative estimate of drug-likeness (QED) is 0.879. The smallest absolute Gasteiger partial charge is 0.123 e. The van der Waals surface area contributed by atoms with Crippen LogP contribution in [0.4, 0.5) is 0 Å². The Bertz CT molecular complexity index is 614. The third kappa shape index (κ3) is 3.84. The zero-order chi connectivity index (χ0) is 15.1. The van der Waals surface area contributed by atoms with E-state index in [0.717, 1.165) is 23.3 Å². The van der Waals surface area contributed by atoms with Gasteiger partial charge >= 0.3 is 0 Å². The zero-order valence-corrected chi connectivity index (χ0v) is 12.5. The van der Waals surface area contributed by atoms with Crippen LogP contribution in [0.2, 0.25) is 0 Å². The Hall–Kier alpha value is -2.31. The van der Waals surface area contributed by atoms with Crippen LogP contribution in [-0.2, 0) is 13.0 Å². The number of rotatable bonds is 6. The Balaban J connectivity index is 2.07. The van der Waals surface area contributed by atoms with Crippen molar-refractivity contribution in [1.29, 1.82) is 5.26 Å². The van der Waals surface area contributed by atoms with Crippen molar-refractivity contribution in [3.05, 3.63) is 65.2 Å². The third-order valence-electron chi connectivity index (χ3n) is 3.54. The van der Waals surface area contributed by atoms with Gasteiger partial charge in [-0.3, -0.25) is 5.32 Å². The van der Waals surface area contributed by atoms with Crippen LogP contribution in [-0.4, -0.2) is 7.11 Å². The molecule has 0 saturated carbocycles. The van der Waals surface area contributed by atoms with Crippen molar-refractivity contribution in [2.45, 2.75) is 25.9 Å². The molecule has 0 bridgehead atoms. The Morgan fingerprint density at radius 3 is 2.48 bits per heavy atom.